The van der Waals surface area contributed by atoms with Crippen LogP contribution in [-0.4, -0.2) is 21.4 Å². The molecule has 3 heteroatoms. The number of hydrogen-bond acceptors (Lipinski definition) is 3. The molecule has 0 spiro atoms. The van der Waals surface area contributed by atoms with Crippen molar-refractivity contribution < 1.29 is 15.3 Å². The van der Waals surface area contributed by atoms with E-state index in [1.807, 2.05) is 0 Å². The van der Waals surface area contributed by atoms with Crippen LogP contribution in [-0.2, 0) is 0 Å². The molecule has 0 fully saturated rings. The number of benzene rings is 1. The number of aliphatic hydroxyl groups excluding tert-OH is 2. The van der Waals surface area contributed by atoms with Crippen molar-refractivity contribution >= 4 is 0 Å². The first kappa shape index (κ1) is 16.5. The molecule has 2 atom stereocenters. The zero-order valence-corrected chi connectivity index (χ0v) is 12.4. The molecule has 0 heterocycles. The van der Waals surface area contributed by atoms with E-state index < -0.39 is 6.10 Å². The average molecular weight is 276 g/mol. The van der Waals surface area contributed by atoms with Crippen LogP contribution in [0.3, 0.4) is 0 Å². The predicted octanol–water partition coefficient (Wildman–Crippen LogP) is 3.32. The van der Waals surface area contributed by atoms with Crippen LogP contribution in [0.15, 0.2) is 41.6 Å². The Hall–Kier alpha value is -1.54. The summed E-state index contributed by atoms with van der Waals surface area (Å²) in [6.07, 6.45) is 1.78. The molecule has 0 aliphatic carbocycles. The molecule has 0 aliphatic rings. The van der Waals surface area contributed by atoms with E-state index in [-0.39, 0.29) is 11.9 Å². The van der Waals surface area contributed by atoms with Gasteiger partial charge in [0.2, 0.25) is 0 Å². The average Bonchev–Trinajstić information content (AvgIpc) is 2.36. The number of aliphatic hydroxyl groups is 2. The van der Waals surface area contributed by atoms with Gasteiger partial charge in [-0.3, -0.25) is 0 Å². The quantitative estimate of drug-likeness (QED) is 0.698. The molecule has 3 N–H and O–H groups in total. The molecule has 0 aliphatic heterocycles. The van der Waals surface area contributed by atoms with Gasteiger partial charge in [0, 0.05) is 12.8 Å². The van der Waals surface area contributed by atoms with E-state index in [2.05, 4.69) is 19.6 Å². The summed E-state index contributed by atoms with van der Waals surface area (Å²) in [6, 6.07) is 6.62. The lowest BCUT2D eigenvalue weighted by molar-refractivity contribution is 0.181. The first-order valence-corrected chi connectivity index (χ1v) is 6.99. The molecule has 0 aromatic heterocycles. The Bertz CT molecular complexity index is 483. The standard InChI is InChI=1S/C17H24O3/c1-12(2)14(10-13(3)18)6-5-9-17(20)15-7-4-8-16(19)11-15/h4-5,7-8,11-13,17-20H,9-10H2,1-3H3/t6?,13-,17+/m0/s1. The van der Waals surface area contributed by atoms with Gasteiger partial charge in [-0.15, -0.1) is 5.73 Å². The maximum atomic E-state index is 10.0. The first-order valence-electron chi connectivity index (χ1n) is 6.99. The van der Waals surface area contributed by atoms with E-state index in [9.17, 15) is 15.3 Å². The molecule has 1 aromatic carbocycles. The van der Waals surface area contributed by atoms with Gasteiger partial charge in [-0.05, 0) is 42.2 Å². The Kier molecular flexibility index (Phi) is 6.53. The summed E-state index contributed by atoms with van der Waals surface area (Å²) in [5.74, 6) is 0.469. The van der Waals surface area contributed by atoms with E-state index in [0.29, 0.717) is 24.3 Å². The summed E-state index contributed by atoms with van der Waals surface area (Å²) in [5.41, 5.74) is 4.90. The van der Waals surface area contributed by atoms with Crippen molar-refractivity contribution in [2.75, 3.05) is 0 Å². The fourth-order valence-electron chi connectivity index (χ4n) is 1.95. The topological polar surface area (TPSA) is 60.7 Å². The molecular formula is C17H24O3. The Balaban J connectivity index is 2.74. The van der Waals surface area contributed by atoms with Crippen LogP contribution in [0.2, 0.25) is 0 Å². The van der Waals surface area contributed by atoms with Gasteiger partial charge in [-0.2, -0.15) is 0 Å². The minimum Gasteiger partial charge on any atom is -0.508 e. The van der Waals surface area contributed by atoms with Crippen LogP contribution in [0.25, 0.3) is 0 Å². The number of aromatic hydroxyl groups is 1. The van der Waals surface area contributed by atoms with Gasteiger partial charge in [-0.1, -0.05) is 26.0 Å². The summed E-state index contributed by atoms with van der Waals surface area (Å²) < 4.78 is 0. The van der Waals surface area contributed by atoms with Crippen molar-refractivity contribution in [3.05, 3.63) is 47.2 Å². The van der Waals surface area contributed by atoms with Crippen LogP contribution in [0.1, 0.15) is 45.3 Å². The maximum Gasteiger partial charge on any atom is 0.115 e. The van der Waals surface area contributed by atoms with Crippen LogP contribution >= 0.6 is 0 Å². The second-order valence-corrected chi connectivity index (χ2v) is 5.43. The van der Waals surface area contributed by atoms with Crippen molar-refractivity contribution in [2.24, 2.45) is 5.92 Å². The van der Waals surface area contributed by atoms with Gasteiger partial charge in [0.15, 0.2) is 0 Å². The van der Waals surface area contributed by atoms with Crippen molar-refractivity contribution in [1.82, 2.24) is 0 Å². The third kappa shape index (κ3) is 5.62. The number of phenols is 1. The summed E-state index contributed by atoms with van der Waals surface area (Å²) in [5, 5.41) is 28.9. The SMILES string of the molecule is CC(C)C(=C=CC[C@@H](O)c1cccc(O)c1)C[C@H](C)O. The molecular weight excluding hydrogens is 252 g/mol. The Labute approximate surface area is 120 Å². The monoisotopic (exact) mass is 276 g/mol. The summed E-state index contributed by atoms with van der Waals surface area (Å²) >= 11 is 0. The highest BCUT2D eigenvalue weighted by molar-refractivity contribution is 5.28. The summed E-state index contributed by atoms with van der Waals surface area (Å²) in [7, 11) is 0. The lowest BCUT2D eigenvalue weighted by atomic mass is 9.98. The third-order valence-corrected chi connectivity index (χ3v) is 3.10. The van der Waals surface area contributed by atoms with E-state index in [4.69, 9.17) is 0 Å². The smallest absolute Gasteiger partial charge is 0.115 e. The van der Waals surface area contributed by atoms with Crippen molar-refractivity contribution in [3.63, 3.8) is 0 Å². The second-order valence-electron chi connectivity index (χ2n) is 5.43. The number of hydrogen-bond donors (Lipinski definition) is 3. The van der Waals surface area contributed by atoms with Crippen LogP contribution < -0.4 is 0 Å². The summed E-state index contributed by atoms with van der Waals surface area (Å²) in [6.45, 7) is 5.88. The third-order valence-electron chi connectivity index (χ3n) is 3.10. The molecule has 0 unspecified atom stereocenters. The van der Waals surface area contributed by atoms with E-state index in [0.717, 1.165) is 5.57 Å². The normalized spacial score (nSPS) is 13.7. The minimum absolute atomic E-state index is 0.151. The fraction of sp³-hybridized carbons (Fsp3) is 0.471. The minimum atomic E-state index is -0.658. The zero-order valence-electron chi connectivity index (χ0n) is 12.4. The molecule has 0 saturated heterocycles. The van der Waals surface area contributed by atoms with Gasteiger partial charge in [0.25, 0.3) is 0 Å². The molecule has 0 radical (unpaired) electrons. The lowest BCUT2D eigenvalue weighted by Gasteiger charge is -2.11. The fourth-order valence-corrected chi connectivity index (χ4v) is 1.95. The molecule has 1 rings (SSSR count). The maximum absolute atomic E-state index is 10.0. The van der Waals surface area contributed by atoms with Crippen molar-refractivity contribution in [2.45, 2.75) is 45.8 Å². The zero-order chi connectivity index (χ0) is 15.1. The van der Waals surface area contributed by atoms with Gasteiger partial charge in [-0.25, -0.2) is 0 Å². The Morgan fingerprint density at radius 1 is 1.25 bits per heavy atom. The Morgan fingerprint density at radius 2 is 1.95 bits per heavy atom. The van der Waals surface area contributed by atoms with Gasteiger partial charge >= 0.3 is 0 Å². The largest absolute Gasteiger partial charge is 0.508 e. The highest BCUT2D eigenvalue weighted by Crippen LogP contribution is 2.21. The predicted molar refractivity (Wildman–Crippen MR) is 80.4 cm³/mol. The lowest BCUT2D eigenvalue weighted by Crippen LogP contribution is -2.04. The second kappa shape index (κ2) is 7.91. The van der Waals surface area contributed by atoms with Gasteiger partial charge in [0.1, 0.15) is 5.75 Å². The van der Waals surface area contributed by atoms with Crippen molar-refractivity contribution in [3.8, 4) is 5.75 Å². The highest BCUT2D eigenvalue weighted by Gasteiger charge is 2.07. The molecule has 0 amide bonds. The summed E-state index contributed by atoms with van der Waals surface area (Å²) in [4.78, 5) is 0. The molecule has 1 aromatic rings. The molecule has 3 nitrogen and oxygen atoms in total. The molecule has 0 bridgehead atoms. The Morgan fingerprint density at radius 3 is 2.50 bits per heavy atom. The van der Waals surface area contributed by atoms with E-state index in [1.54, 1.807) is 37.3 Å². The molecule has 110 valence electrons. The first-order chi connectivity index (χ1) is 9.40. The van der Waals surface area contributed by atoms with Crippen LogP contribution in [0.5, 0.6) is 5.75 Å². The van der Waals surface area contributed by atoms with E-state index in [1.165, 1.54) is 0 Å². The number of rotatable bonds is 6. The van der Waals surface area contributed by atoms with E-state index >= 15 is 0 Å². The van der Waals surface area contributed by atoms with Crippen LogP contribution in [0, 0.1) is 5.92 Å². The molecule has 20 heavy (non-hydrogen) atoms. The van der Waals surface area contributed by atoms with Crippen molar-refractivity contribution in [1.29, 1.82) is 0 Å². The van der Waals surface area contributed by atoms with Gasteiger partial charge < -0.3 is 15.3 Å². The van der Waals surface area contributed by atoms with Crippen LogP contribution in [0.4, 0.5) is 0 Å². The number of phenolic OH excluding ortho intramolecular Hbond substituents is 1. The van der Waals surface area contributed by atoms with Gasteiger partial charge in [0.05, 0.1) is 12.2 Å². The highest BCUT2D eigenvalue weighted by atomic mass is 16.3. The molecule has 0 saturated carbocycles.